The van der Waals surface area contributed by atoms with Crippen LogP contribution in [-0.4, -0.2) is 61.6 Å². The molecule has 1 saturated heterocycles. The zero-order valence-corrected chi connectivity index (χ0v) is 17.8. The molecular weight excluding hydrogens is 338 g/mol. The van der Waals surface area contributed by atoms with Gasteiger partial charge in [0.15, 0.2) is 11.8 Å². The first kappa shape index (κ1) is 20.6. The van der Waals surface area contributed by atoms with Crippen molar-refractivity contribution in [3.63, 3.8) is 0 Å². The van der Waals surface area contributed by atoms with Crippen molar-refractivity contribution in [2.24, 2.45) is 27.7 Å². The number of hydrogen-bond donors (Lipinski definition) is 0. The lowest BCUT2D eigenvalue weighted by Crippen LogP contribution is -2.34. The Bertz CT molecular complexity index is 488. The van der Waals surface area contributed by atoms with Crippen molar-refractivity contribution >= 4 is 11.8 Å². The Balaban J connectivity index is 1.67. The van der Waals surface area contributed by atoms with E-state index in [1.165, 1.54) is 32.4 Å². The third kappa shape index (κ3) is 6.20. The van der Waals surface area contributed by atoms with E-state index in [9.17, 15) is 0 Å². The van der Waals surface area contributed by atoms with Gasteiger partial charge in [0.2, 0.25) is 0 Å². The van der Waals surface area contributed by atoms with Gasteiger partial charge in [0.1, 0.15) is 19.1 Å². The Hall–Kier alpha value is -1.10. The van der Waals surface area contributed by atoms with Gasteiger partial charge in [-0.3, -0.25) is 0 Å². The van der Waals surface area contributed by atoms with Crippen molar-refractivity contribution in [3.05, 3.63) is 0 Å². The number of ether oxygens (including phenoxy) is 2. The van der Waals surface area contributed by atoms with E-state index in [0.717, 1.165) is 50.8 Å². The van der Waals surface area contributed by atoms with Crippen LogP contribution in [-0.2, 0) is 9.47 Å². The summed E-state index contributed by atoms with van der Waals surface area (Å²) < 4.78 is 12.1. The van der Waals surface area contributed by atoms with E-state index in [1.54, 1.807) is 0 Å². The predicted molar refractivity (Wildman–Crippen MR) is 112 cm³/mol. The fourth-order valence-corrected chi connectivity index (χ4v) is 4.43. The molecule has 0 amide bonds. The molecule has 3 aliphatic heterocycles. The number of rotatable bonds is 9. The van der Waals surface area contributed by atoms with Gasteiger partial charge >= 0.3 is 0 Å². The van der Waals surface area contributed by atoms with Crippen molar-refractivity contribution in [2.75, 3.05) is 32.8 Å². The summed E-state index contributed by atoms with van der Waals surface area (Å²) in [5.74, 6) is 3.14. The molecule has 0 unspecified atom stereocenters. The molecule has 0 aromatic rings. The molecule has 3 heterocycles. The highest BCUT2D eigenvalue weighted by atomic mass is 16.5. The molecule has 154 valence electrons. The second kappa shape index (κ2) is 9.90. The summed E-state index contributed by atoms with van der Waals surface area (Å²) in [6, 6.07) is 0.594. The molecule has 0 N–H and O–H groups in total. The van der Waals surface area contributed by atoms with E-state index in [-0.39, 0.29) is 5.92 Å². The summed E-state index contributed by atoms with van der Waals surface area (Å²) in [4.78, 5) is 12.5. The minimum absolute atomic E-state index is 0.0984. The van der Waals surface area contributed by atoms with Crippen LogP contribution in [0.4, 0.5) is 0 Å². The number of hydrogen-bond acceptors (Lipinski definition) is 5. The first-order valence-corrected chi connectivity index (χ1v) is 11.1. The van der Waals surface area contributed by atoms with Gasteiger partial charge in [-0.25, -0.2) is 9.98 Å². The Morgan fingerprint density at radius 3 is 1.85 bits per heavy atom. The Morgan fingerprint density at radius 1 is 0.852 bits per heavy atom. The number of piperidine rings is 1. The van der Waals surface area contributed by atoms with Crippen LogP contribution in [0.2, 0.25) is 0 Å². The average molecular weight is 378 g/mol. The van der Waals surface area contributed by atoms with E-state index in [0.29, 0.717) is 23.9 Å². The van der Waals surface area contributed by atoms with Crippen LogP contribution in [0.15, 0.2) is 9.98 Å². The SMILES string of the molecule is CC(C)C[C@H]1COC(C(CCN2CCCCC2)C2=N[C@@H](CC(C)C)CO2)=N1. The molecule has 5 nitrogen and oxygen atoms in total. The van der Waals surface area contributed by atoms with E-state index in [4.69, 9.17) is 19.5 Å². The molecule has 1 fully saturated rings. The lowest BCUT2D eigenvalue weighted by molar-refractivity contribution is 0.215. The zero-order chi connectivity index (χ0) is 19.2. The van der Waals surface area contributed by atoms with Crippen molar-refractivity contribution in [1.82, 2.24) is 4.90 Å². The maximum atomic E-state index is 6.07. The molecule has 0 bridgehead atoms. The third-order valence-electron chi connectivity index (χ3n) is 5.73. The number of likely N-dealkylation sites (tertiary alicyclic amines) is 1. The fraction of sp³-hybridized carbons (Fsp3) is 0.909. The molecule has 3 aliphatic rings. The van der Waals surface area contributed by atoms with Gasteiger partial charge in [-0.05, 0) is 63.6 Å². The quantitative estimate of drug-likeness (QED) is 0.606. The standard InChI is InChI=1S/C22H39N3O2/c1-16(2)12-18-14-26-21(23-18)20(8-11-25-9-6-5-7-10-25)22-24-19(15-27-22)13-17(3)4/h16-20H,5-15H2,1-4H3/t18-,19-/m0/s1. The zero-order valence-electron chi connectivity index (χ0n) is 17.8. The molecule has 2 atom stereocenters. The summed E-state index contributed by atoms with van der Waals surface area (Å²) >= 11 is 0. The molecule has 0 saturated carbocycles. The largest absolute Gasteiger partial charge is 0.478 e. The van der Waals surface area contributed by atoms with Gasteiger partial charge in [0.05, 0.1) is 12.1 Å². The van der Waals surface area contributed by atoms with E-state index in [2.05, 4.69) is 32.6 Å². The maximum absolute atomic E-state index is 6.07. The highest BCUT2D eigenvalue weighted by Crippen LogP contribution is 2.25. The van der Waals surface area contributed by atoms with Crippen molar-refractivity contribution in [1.29, 1.82) is 0 Å². The number of nitrogens with zero attached hydrogens (tertiary/aromatic N) is 3. The average Bonchev–Trinajstić information content (AvgIpc) is 3.25. The molecule has 0 aliphatic carbocycles. The minimum atomic E-state index is 0.0984. The summed E-state index contributed by atoms with van der Waals surface area (Å²) in [5, 5.41) is 0. The normalized spacial score (nSPS) is 26.5. The van der Waals surface area contributed by atoms with E-state index in [1.807, 2.05) is 0 Å². The topological polar surface area (TPSA) is 46.4 Å². The second-order valence-corrected chi connectivity index (χ2v) is 9.37. The summed E-state index contributed by atoms with van der Waals surface area (Å²) in [5.41, 5.74) is 0. The van der Waals surface area contributed by atoms with Gasteiger partial charge in [0, 0.05) is 0 Å². The van der Waals surface area contributed by atoms with E-state index < -0.39 is 0 Å². The van der Waals surface area contributed by atoms with Gasteiger partial charge < -0.3 is 14.4 Å². The molecule has 27 heavy (non-hydrogen) atoms. The summed E-state index contributed by atoms with van der Waals surface area (Å²) in [6.07, 6.45) is 7.20. The lowest BCUT2D eigenvalue weighted by atomic mass is 10.0. The molecule has 3 rings (SSSR count). The minimum Gasteiger partial charge on any atom is -0.478 e. The van der Waals surface area contributed by atoms with Gasteiger partial charge in [0.25, 0.3) is 0 Å². The Morgan fingerprint density at radius 2 is 1.37 bits per heavy atom. The van der Waals surface area contributed by atoms with E-state index >= 15 is 0 Å². The van der Waals surface area contributed by atoms with Gasteiger partial charge in [-0.1, -0.05) is 34.1 Å². The van der Waals surface area contributed by atoms with Crippen LogP contribution in [0.5, 0.6) is 0 Å². The van der Waals surface area contributed by atoms with Crippen LogP contribution in [0.3, 0.4) is 0 Å². The monoisotopic (exact) mass is 377 g/mol. The van der Waals surface area contributed by atoms with Crippen LogP contribution in [0.25, 0.3) is 0 Å². The third-order valence-corrected chi connectivity index (χ3v) is 5.73. The second-order valence-electron chi connectivity index (χ2n) is 9.37. The Kier molecular flexibility index (Phi) is 7.57. The molecule has 0 radical (unpaired) electrons. The highest BCUT2D eigenvalue weighted by molar-refractivity contribution is 6.01. The summed E-state index contributed by atoms with van der Waals surface area (Å²) in [7, 11) is 0. The lowest BCUT2D eigenvalue weighted by Gasteiger charge is -2.27. The first-order valence-electron chi connectivity index (χ1n) is 11.1. The predicted octanol–water partition coefficient (Wildman–Crippen LogP) is 4.17. The van der Waals surface area contributed by atoms with Crippen LogP contribution >= 0.6 is 0 Å². The van der Waals surface area contributed by atoms with Crippen LogP contribution in [0.1, 0.15) is 66.2 Å². The fourth-order valence-electron chi connectivity index (χ4n) is 4.43. The van der Waals surface area contributed by atoms with Crippen molar-refractivity contribution in [3.8, 4) is 0 Å². The maximum Gasteiger partial charge on any atom is 0.196 e. The molecule has 0 spiro atoms. The van der Waals surface area contributed by atoms with Crippen molar-refractivity contribution < 1.29 is 9.47 Å². The smallest absolute Gasteiger partial charge is 0.196 e. The summed E-state index contributed by atoms with van der Waals surface area (Å²) in [6.45, 7) is 14.0. The van der Waals surface area contributed by atoms with Gasteiger partial charge in [-0.2, -0.15) is 0 Å². The number of aliphatic imine (C=N–C) groups is 2. The Labute approximate surface area is 165 Å². The molecule has 0 aromatic heterocycles. The van der Waals surface area contributed by atoms with Crippen LogP contribution in [0, 0.1) is 17.8 Å². The van der Waals surface area contributed by atoms with Crippen LogP contribution < -0.4 is 0 Å². The highest BCUT2D eigenvalue weighted by Gasteiger charge is 2.34. The van der Waals surface area contributed by atoms with Gasteiger partial charge in [-0.15, -0.1) is 0 Å². The molecule has 5 heteroatoms. The first-order chi connectivity index (χ1) is 13.0. The molecule has 0 aromatic carbocycles. The van der Waals surface area contributed by atoms with Crippen molar-refractivity contribution in [2.45, 2.75) is 78.3 Å². The molecular formula is C22H39N3O2.